The van der Waals surface area contributed by atoms with Gasteiger partial charge in [0.15, 0.2) is 5.17 Å². The Morgan fingerprint density at radius 1 is 1.23 bits per heavy atom. The number of nitrogens with zero attached hydrogens (tertiary/aromatic N) is 2. The fraction of sp³-hybridized carbons (Fsp3) is 0.680. The molecule has 5 aliphatic rings. The highest BCUT2D eigenvalue weighted by molar-refractivity contribution is 8.14. The topological polar surface area (TPSA) is 44.7 Å². The average molecular weight is 460 g/mol. The predicted molar refractivity (Wildman–Crippen MR) is 131 cm³/mol. The van der Waals surface area contributed by atoms with Gasteiger partial charge in [-0.2, -0.15) is 0 Å². The molecule has 31 heavy (non-hydrogen) atoms. The van der Waals surface area contributed by atoms with Gasteiger partial charge in [0.25, 0.3) is 0 Å². The van der Waals surface area contributed by atoms with E-state index in [4.69, 9.17) is 16.6 Å². The largest absolute Gasteiger partial charge is 0.345 e. The molecule has 4 nitrogen and oxygen atoms in total. The van der Waals surface area contributed by atoms with Crippen molar-refractivity contribution >= 4 is 40.1 Å². The highest BCUT2D eigenvalue weighted by Gasteiger charge is 2.51. The van der Waals surface area contributed by atoms with Gasteiger partial charge in [0.1, 0.15) is 0 Å². The molecule has 168 valence electrons. The second kappa shape index (κ2) is 8.30. The van der Waals surface area contributed by atoms with E-state index in [-0.39, 0.29) is 17.5 Å². The fourth-order valence-corrected chi connectivity index (χ4v) is 8.44. The van der Waals surface area contributed by atoms with Gasteiger partial charge in [0.2, 0.25) is 5.91 Å². The molecule has 4 aliphatic carbocycles. The molecule has 1 unspecified atom stereocenters. The molecular formula is C25H34ClN3OS. The molecule has 1 heterocycles. The number of anilines is 1. The van der Waals surface area contributed by atoms with E-state index in [0.29, 0.717) is 17.5 Å². The van der Waals surface area contributed by atoms with Crippen LogP contribution < -0.4 is 5.32 Å². The van der Waals surface area contributed by atoms with Crippen molar-refractivity contribution in [3.63, 3.8) is 0 Å². The first-order chi connectivity index (χ1) is 14.8. The van der Waals surface area contributed by atoms with E-state index in [0.717, 1.165) is 34.8 Å². The van der Waals surface area contributed by atoms with Gasteiger partial charge in [0, 0.05) is 35.0 Å². The Labute approximate surface area is 195 Å². The van der Waals surface area contributed by atoms with Crippen LogP contribution in [0.1, 0.15) is 64.4 Å². The van der Waals surface area contributed by atoms with Gasteiger partial charge < -0.3 is 10.2 Å². The summed E-state index contributed by atoms with van der Waals surface area (Å²) >= 11 is 8.08. The number of amidine groups is 1. The lowest BCUT2D eigenvalue weighted by atomic mass is 9.53. The minimum atomic E-state index is 0.0484. The lowest BCUT2D eigenvalue weighted by molar-refractivity contribution is -0.117. The molecule has 6 heteroatoms. The Hall–Kier alpha value is -1.20. The maximum atomic E-state index is 12.8. The standard InChI is InChI=1S/C25H34ClN3OS/c1-15(2)29-21(10-23(30)27-20-5-4-16(3)22(26)9-20)14-31-24(29)28-25-11-17-6-18(12-25)8-19(7-17)13-25/h4-5,9,15,17-19,21H,6-8,10-14H2,1-3H3,(H,27,30). The Morgan fingerprint density at radius 2 is 1.87 bits per heavy atom. The SMILES string of the molecule is Cc1ccc(NC(=O)CC2CSC(=NC34CC5CC(CC(C5)C3)C4)N2C(C)C)cc1Cl. The fourth-order valence-electron chi connectivity index (χ4n) is 6.87. The summed E-state index contributed by atoms with van der Waals surface area (Å²) < 4.78 is 0. The first-order valence-corrected chi connectivity index (χ1v) is 13.2. The zero-order valence-corrected chi connectivity index (χ0v) is 20.4. The summed E-state index contributed by atoms with van der Waals surface area (Å²) in [5, 5.41) is 4.91. The normalized spacial score (nSPS) is 35.4. The van der Waals surface area contributed by atoms with E-state index in [1.165, 1.54) is 43.7 Å². The van der Waals surface area contributed by atoms with Crippen molar-refractivity contribution in [1.82, 2.24) is 4.90 Å². The molecule has 0 radical (unpaired) electrons. The van der Waals surface area contributed by atoms with Gasteiger partial charge in [-0.25, -0.2) is 0 Å². The van der Waals surface area contributed by atoms with Crippen LogP contribution in [0.4, 0.5) is 5.69 Å². The van der Waals surface area contributed by atoms with Gasteiger partial charge in [-0.15, -0.1) is 0 Å². The van der Waals surface area contributed by atoms with Crippen LogP contribution in [-0.4, -0.2) is 39.4 Å². The number of thioether (sulfide) groups is 1. The maximum Gasteiger partial charge on any atom is 0.226 e. The lowest BCUT2D eigenvalue weighted by Gasteiger charge is -2.55. The number of carbonyl (C=O) groups excluding carboxylic acids is 1. The van der Waals surface area contributed by atoms with E-state index in [1.807, 2.05) is 36.9 Å². The molecule has 1 N–H and O–H groups in total. The molecule has 1 saturated heterocycles. The number of aliphatic imine (C=N–C) groups is 1. The number of hydrogen-bond acceptors (Lipinski definition) is 3. The van der Waals surface area contributed by atoms with Crippen LogP contribution in [0.2, 0.25) is 5.02 Å². The third kappa shape index (κ3) is 4.37. The summed E-state index contributed by atoms with van der Waals surface area (Å²) in [4.78, 5) is 20.7. The number of nitrogens with one attached hydrogen (secondary N) is 1. The van der Waals surface area contributed by atoms with Crippen molar-refractivity contribution in [2.24, 2.45) is 22.7 Å². The van der Waals surface area contributed by atoms with Gasteiger partial charge in [-0.1, -0.05) is 29.4 Å². The first-order valence-electron chi connectivity index (χ1n) is 11.9. The van der Waals surface area contributed by atoms with Crippen LogP contribution in [0, 0.1) is 24.7 Å². The third-order valence-corrected chi connectivity index (χ3v) is 9.31. The van der Waals surface area contributed by atoms with Crippen molar-refractivity contribution in [1.29, 1.82) is 0 Å². The molecule has 1 aromatic rings. The molecular weight excluding hydrogens is 426 g/mol. The summed E-state index contributed by atoms with van der Waals surface area (Å²) in [5.41, 5.74) is 1.97. The number of halogens is 1. The van der Waals surface area contributed by atoms with E-state index in [9.17, 15) is 4.79 Å². The number of rotatable bonds is 5. The van der Waals surface area contributed by atoms with Crippen LogP contribution in [-0.2, 0) is 4.79 Å². The van der Waals surface area contributed by atoms with Gasteiger partial charge in [-0.3, -0.25) is 9.79 Å². The second-order valence-electron chi connectivity index (χ2n) is 10.7. The van der Waals surface area contributed by atoms with E-state index < -0.39 is 0 Å². The van der Waals surface area contributed by atoms with Crippen LogP contribution in [0.15, 0.2) is 23.2 Å². The zero-order chi connectivity index (χ0) is 21.8. The number of aryl methyl sites for hydroxylation is 1. The molecule has 1 atom stereocenters. The highest BCUT2D eigenvalue weighted by atomic mass is 35.5. The first kappa shape index (κ1) is 21.6. The van der Waals surface area contributed by atoms with Crippen LogP contribution in [0.25, 0.3) is 0 Å². The smallest absolute Gasteiger partial charge is 0.226 e. The number of amides is 1. The van der Waals surface area contributed by atoms with Gasteiger partial charge in [-0.05, 0) is 94.7 Å². The van der Waals surface area contributed by atoms with Crippen molar-refractivity contribution in [3.05, 3.63) is 28.8 Å². The van der Waals surface area contributed by atoms with Crippen LogP contribution >= 0.6 is 23.4 Å². The number of benzene rings is 1. The van der Waals surface area contributed by atoms with Crippen LogP contribution in [0.5, 0.6) is 0 Å². The summed E-state index contributed by atoms with van der Waals surface area (Å²) in [6.07, 6.45) is 8.67. The molecule has 0 spiro atoms. The zero-order valence-electron chi connectivity index (χ0n) is 18.9. The molecule has 1 amide bonds. The number of hydrogen-bond donors (Lipinski definition) is 1. The lowest BCUT2D eigenvalue weighted by Crippen LogP contribution is -2.50. The molecule has 6 rings (SSSR count). The molecule has 1 aliphatic heterocycles. The summed E-state index contributed by atoms with van der Waals surface area (Å²) in [5.74, 6) is 3.69. The predicted octanol–water partition coefficient (Wildman–Crippen LogP) is 6.13. The average Bonchev–Trinajstić information content (AvgIpc) is 3.05. The summed E-state index contributed by atoms with van der Waals surface area (Å²) in [6, 6.07) is 6.23. The third-order valence-electron chi connectivity index (χ3n) is 7.79. The Balaban J connectivity index is 1.29. The summed E-state index contributed by atoms with van der Waals surface area (Å²) in [6.45, 7) is 6.42. The van der Waals surface area contributed by atoms with Crippen molar-refractivity contribution < 1.29 is 4.79 Å². The van der Waals surface area contributed by atoms with Gasteiger partial charge in [0.05, 0.1) is 5.54 Å². The van der Waals surface area contributed by atoms with Gasteiger partial charge >= 0.3 is 0 Å². The Morgan fingerprint density at radius 3 is 2.45 bits per heavy atom. The minimum Gasteiger partial charge on any atom is -0.345 e. The van der Waals surface area contributed by atoms with Crippen LogP contribution in [0.3, 0.4) is 0 Å². The molecule has 4 bridgehead atoms. The Kier molecular flexibility index (Phi) is 5.79. The maximum absolute atomic E-state index is 12.8. The number of carbonyl (C=O) groups is 1. The van der Waals surface area contributed by atoms with Crippen molar-refractivity contribution in [2.45, 2.75) is 83.3 Å². The van der Waals surface area contributed by atoms with E-state index >= 15 is 0 Å². The van der Waals surface area contributed by atoms with E-state index in [1.54, 1.807) is 0 Å². The molecule has 5 fully saturated rings. The minimum absolute atomic E-state index is 0.0484. The monoisotopic (exact) mass is 459 g/mol. The second-order valence-corrected chi connectivity index (χ2v) is 12.1. The summed E-state index contributed by atoms with van der Waals surface area (Å²) in [7, 11) is 0. The molecule has 4 saturated carbocycles. The molecule has 0 aromatic heterocycles. The molecule has 1 aromatic carbocycles. The quantitative estimate of drug-likeness (QED) is 0.576. The van der Waals surface area contributed by atoms with Crippen molar-refractivity contribution in [2.75, 3.05) is 11.1 Å². The highest BCUT2D eigenvalue weighted by Crippen LogP contribution is 2.57. The van der Waals surface area contributed by atoms with E-state index in [2.05, 4.69) is 24.1 Å². The Bertz CT molecular complexity index is 863. The van der Waals surface area contributed by atoms with Crippen molar-refractivity contribution in [3.8, 4) is 0 Å².